The molecule has 2 aromatic heterocycles. The molecule has 0 saturated carbocycles. The van der Waals surface area contributed by atoms with E-state index < -0.39 is 17.4 Å². The number of rotatable bonds is 6. The van der Waals surface area contributed by atoms with Gasteiger partial charge in [0.15, 0.2) is 0 Å². The molecule has 0 atom stereocenters. The zero-order chi connectivity index (χ0) is 24.5. The minimum Gasteiger partial charge on any atom is -0.436 e. The first-order chi connectivity index (χ1) is 16.9. The average molecular weight is 471 g/mol. The van der Waals surface area contributed by atoms with Crippen LogP contribution in [0, 0.1) is 5.82 Å². The monoisotopic (exact) mass is 471 g/mol. The van der Waals surface area contributed by atoms with E-state index >= 15 is 0 Å². The fourth-order valence-corrected chi connectivity index (χ4v) is 3.74. The van der Waals surface area contributed by atoms with Crippen molar-refractivity contribution < 1.29 is 13.9 Å². The summed E-state index contributed by atoms with van der Waals surface area (Å²) in [4.78, 5) is 30.4. The molecule has 2 heterocycles. The first-order valence-corrected chi connectivity index (χ1v) is 11.1. The molecule has 35 heavy (non-hydrogen) atoms. The van der Waals surface area contributed by atoms with Gasteiger partial charge in [0, 0.05) is 5.69 Å². The normalized spacial score (nSPS) is 11.3. The molecule has 5 aromatic rings. The smallest absolute Gasteiger partial charge is 0.351 e. The van der Waals surface area contributed by atoms with Crippen molar-refractivity contribution in [3.8, 4) is 11.6 Å². The number of carbonyl (C=O) groups is 1. The van der Waals surface area contributed by atoms with Crippen molar-refractivity contribution in [2.24, 2.45) is 0 Å². The lowest BCUT2D eigenvalue weighted by Crippen LogP contribution is -2.28. The van der Waals surface area contributed by atoms with Crippen molar-refractivity contribution in [1.29, 1.82) is 0 Å². The Kier molecular flexibility index (Phi) is 5.74. The molecule has 0 spiro atoms. The summed E-state index contributed by atoms with van der Waals surface area (Å²) in [6.45, 7) is 3.87. The van der Waals surface area contributed by atoms with E-state index in [9.17, 15) is 14.0 Å². The summed E-state index contributed by atoms with van der Waals surface area (Å²) < 4.78 is 21.6. The third kappa shape index (κ3) is 4.48. The highest BCUT2D eigenvalue weighted by molar-refractivity contribution is 5.90. The minimum absolute atomic E-state index is 0.149. The van der Waals surface area contributed by atoms with Gasteiger partial charge in [0.05, 0.1) is 11.0 Å². The zero-order valence-corrected chi connectivity index (χ0v) is 19.1. The number of ether oxygens (including phenoxy) is 1. The quantitative estimate of drug-likeness (QED) is 0.386. The molecule has 1 N–H and O–H groups in total. The fourth-order valence-electron chi connectivity index (χ4n) is 3.74. The Bertz CT molecular complexity index is 1590. The van der Waals surface area contributed by atoms with Gasteiger partial charge in [-0.1, -0.05) is 38.1 Å². The molecule has 8 nitrogen and oxygen atoms in total. The number of para-hydroxylation sites is 2. The molecular formula is C26H22FN5O3. The van der Waals surface area contributed by atoms with Crippen LogP contribution in [0.1, 0.15) is 25.3 Å². The van der Waals surface area contributed by atoms with Gasteiger partial charge in [-0.05, 0) is 60.0 Å². The summed E-state index contributed by atoms with van der Waals surface area (Å²) >= 11 is 0. The molecule has 0 aliphatic rings. The molecule has 0 aliphatic carbocycles. The van der Waals surface area contributed by atoms with Gasteiger partial charge in [-0.15, -0.1) is 5.10 Å². The summed E-state index contributed by atoms with van der Waals surface area (Å²) in [6.07, 6.45) is 0. The standard InChI is InChI=1S/C26H22FN5O3/c1-16(2)17-7-13-20(14-8-17)35-25-24-30-31(15-23(33)28-19-11-9-18(27)10-12-19)26(34)32(24)22-6-4-3-5-21(22)29-25/h3-14,16H,15H2,1-2H3,(H,28,33). The van der Waals surface area contributed by atoms with E-state index in [1.54, 1.807) is 18.2 Å². The lowest BCUT2D eigenvalue weighted by molar-refractivity contribution is -0.117. The van der Waals surface area contributed by atoms with E-state index in [2.05, 4.69) is 29.2 Å². The van der Waals surface area contributed by atoms with Gasteiger partial charge < -0.3 is 10.1 Å². The minimum atomic E-state index is -0.507. The number of benzene rings is 3. The lowest BCUT2D eigenvalue weighted by atomic mass is 10.0. The highest BCUT2D eigenvalue weighted by atomic mass is 19.1. The number of hydrogen-bond donors (Lipinski definition) is 1. The number of nitrogens with one attached hydrogen (secondary N) is 1. The third-order valence-corrected chi connectivity index (χ3v) is 5.56. The summed E-state index contributed by atoms with van der Waals surface area (Å²) in [7, 11) is 0. The van der Waals surface area contributed by atoms with Crippen molar-refractivity contribution in [2.45, 2.75) is 26.3 Å². The number of nitrogens with zero attached hydrogens (tertiary/aromatic N) is 4. The molecule has 0 bridgehead atoms. The van der Waals surface area contributed by atoms with E-state index in [0.29, 0.717) is 28.4 Å². The molecule has 0 saturated heterocycles. The van der Waals surface area contributed by atoms with Crippen LogP contribution in [0.5, 0.6) is 11.6 Å². The summed E-state index contributed by atoms with van der Waals surface area (Å²) in [5.74, 6) is 0.187. The Hall–Kier alpha value is -4.53. The summed E-state index contributed by atoms with van der Waals surface area (Å²) in [5, 5.41) is 6.99. The van der Waals surface area contributed by atoms with Crippen molar-refractivity contribution in [3.05, 3.63) is 94.7 Å². The Morgan fingerprint density at radius 1 is 1.03 bits per heavy atom. The first-order valence-electron chi connectivity index (χ1n) is 11.1. The van der Waals surface area contributed by atoms with Gasteiger partial charge in [-0.3, -0.25) is 4.79 Å². The van der Waals surface area contributed by atoms with Crippen LogP contribution in [0.3, 0.4) is 0 Å². The molecule has 5 rings (SSSR count). The second-order valence-electron chi connectivity index (χ2n) is 8.39. The molecular weight excluding hydrogens is 449 g/mol. The summed E-state index contributed by atoms with van der Waals surface area (Å²) in [6, 6.07) is 20.1. The third-order valence-electron chi connectivity index (χ3n) is 5.56. The maximum absolute atomic E-state index is 13.2. The molecule has 9 heteroatoms. The largest absolute Gasteiger partial charge is 0.436 e. The van der Waals surface area contributed by atoms with Gasteiger partial charge in [-0.25, -0.2) is 23.3 Å². The van der Waals surface area contributed by atoms with E-state index in [-0.39, 0.29) is 18.1 Å². The van der Waals surface area contributed by atoms with Gasteiger partial charge >= 0.3 is 5.69 Å². The SMILES string of the molecule is CC(C)c1ccc(Oc2nc3ccccc3n3c(=O)n(CC(=O)Nc4ccc(F)cc4)nc23)cc1. The second kappa shape index (κ2) is 9.02. The predicted molar refractivity (Wildman–Crippen MR) is 130 cm³/mol. The predicted octanol–water partition coefficient (Wildman–Crippen LogP) is 4.74. The first kappa shape index (κ1) is 22.3. The van der Waals surface area contributed by atoms with Crippen LogP contribution in [-0.4, -0.2) is 25.1 Å². The number of halogens is 1. The van der Waals surface area contributed by atoms with Crippen molar-refractivity contribution in [2.75, 3.05) is 5.32 Å². The molecule has 3 aromatic carbocycles. The maximum atomic E-state index is 13.2. The topological polar surface area (TPSA) is 90.5 Å². The van der Waals surface area contributed by atoms with Gasteiger partial charge in [-0.2, -0.15) is 0 Å². The number of amides is 1. The molecule has 1 amide bonds. The molecule has 0 fully saturated rings. The molecule has 0 unspecified atom stereocenters. The molecule has 176 valence electrons. The van der Waals surface area contributed by atoms with Crippen LogP contribution in [-0.2, 0) is 11.3 Å². The van der Waals surface area contributed by atoms with Crippen LogP contribution in [0.2, 0.25) is 0 Å². The maximum Gasteiger partial charge on any atom is 0.351 e. The highest BCUT2D eigenvalue weighted by Gasteiger charge is 2.19. The Morgan fingerprint density at radius 3 is 2.46 bits per heavy atom. The second-order valence-corrected chi connectivity index (χ2v) is 8.39. The number of anilines is 1. The van der Waals surface area contributed by atoms with Gasteiger partial charge in [0.1, 0.15) is 18.1 Å². The number of hydrogen-bond acceptors (Lipinski definition) is 5. The number of fused-ring (bicyclic) bond motifs is 3. The number of carbonyl (C=O) groups excluding carboxylic acids is 1. The van der Waals surface area contributed by atoms with Crippen molar-refractivity contribution in [1.82, 2.24) is 19.2 Å². The Balaban J connectivity index is 1.52. The van der Waals surface area contributed by atoms with Crippen LogP contribution >= 0.6 is 0 Å². The molecule has 0 aliphatic heterocycles. The summed E-state index contributed by atoms with van der Waals surface area (Å²) in [5.41, 5.74) is 2.35. The van der Waals surface area contributed by atoms with Crippen LogP contribution in [0.25, 0.3) is 16.7 Å². The molecule has 0 radical (unpaired) electrons. The van der Waals surface area contributed by atoms with E-state index in [0.717, 1.165) is 4.68 Å². The highest BCUT2D eigenvalue weighted by Crippen LogP contribution is 2.27. The lowest BCUT2D eigenvalue weighted by Gasteiger charge is -2.09. The van der Waals surface area contributed by atoms with Crippen molar-refractivity contribution >= 4 is 28.3 Å². The fraction of sp³-hybridized carbons (Fsp3) is 0.154. The van der Waals surface area contributed by atoms with Gasteiger partial charge in [0.2, 0.25) is 11.6 Å². The average Bonchev–Trinajstić information content (AvgIpc) is 3.17. The van der Waals surface area contributed by atoms with Crippen LogP contribution in [0.4, 0.5) is 10.1 Å². The van der Waals surface area contributed by atoms with Crippen LogP contribution in [0.15, 0.2) is 77.6 Å². The van der Waals surface area contributed by atoms with Crippen LogP contribution < -0.4 is 15.7 Å². The number of aromatic nitrogens is 4. The zero-order valence-electron chi connectivity index (χ0n) is 19.1. The van der Waals surface area contributed by atoms with Gasteiger partial charge in [0.25, 0.3) is 5.88 Å². The van der Waals surface area contributed by atoms with Crippen molar-refractivity contribution in [3.63, 3.8) is 0 Å². The van der Waals surface area contributed by atoms with E-state index in [4.69, 9.17) is 4.74 Å². The van der Waals surface area contributed by atoms with E-state index in [1.165, 1.54) is 34.2 Å². The Labute approximate surface area is 199 Å². The van der Waals surface area contributed by atoms with E-state index in [1.807, 2.05) is 30.3 Å². The Morgan fingerprint density at radius 2 is 1.74 bits per heavy atom.